The Balaban J connectivity index is 1.94. The zero-order chi connectivity index (χ0) is 17.6. The molecular formula is C20H18ClFN2O. The van der Waals surface area contributed by atoms with Gasteiger partial charge in [-0.2, -0.15) is 0 Å². The van der Waals surface area contributed by atoms with Gasteiger partial charge in [-0.05, 0) is 36.6 Å². The maximum Gasteiger partial charge on any atom is 0.163 e. The minimum absolute atomic E-state index is 0.0332. The molecule has 2 aromatic rings. The van der Waals surface area contributed by atoms with Crippen molar-refractivity contribution in [2.24, 2.45) is 5.92 Å². The number of para-hydroxylation sites is 2. The van der Waals surface area contributed by atoms with Crippen molar-refractivity contribution in [1.82, 2.24) is 0 Å². The van der Waals surface area contributed by atoms with Crippen LogP contribution < -0.4 is 10.6 Å². The van der Waals surface area contributed by atoms with Crippen LogP contribution in [-0.2, 0) is 4.79 Å². The van der Waals surface area contributed by atoms with Crippen LogP contribution in [0.3, 0.4) is 0 Å². The standard InChI is InChI=1S/C20H18ClFN2O/c1-11-9-16-19(17(25)10-11)20(18-12(21)5-4-6-13(18)22)24-15-8-3-2-7-14(15)23-16/h2-8,11,20,23-24H,9-10H2,1H3/t11-,20-/m1/s1. The van der Waals surface area contributed by atoms with Gasteiger partial charge in [-0.25, -0.2) is 4.39 Å². The van der Waals surface area contributed by atoms with Crippen molar-refractivity contribution in [3.8, 4) is 0 Å². The fourth-order valence-corrected chi connectivity index (χ4v) is 3.96. The van der Waals surface area contributed by atoms with Gasteiger partial charge < -0.3 is 10.6 Å². The smallest absolute Gasteiger partial charge is 0.163 e. The second-order valence-corrected chi connectivity index (χ2v) is 7.12. The first-order chi connectivity index (χ1) is 12.0. The van der Waals surface area contributed by atoms with Gasteiger partial charge in [0.15, 0.2) is 5.78 Å². The van der Waals surface area contributed by atoms with E-state index in [9.17, 15) is 9.18 Å². The second kappa shape index (κ2) is 6.19. The first kappa shape index (κ1) is 16.2. The molecule has 2 N–H and O–H groups in total. The summed E-state index contributed by atoms with van der Waals surface area (Å²) in [6.45, 7) is 2.05. The van der Waals surface area contributed by atoms with Crippen molar-refractivity contribution in [2.45, 2.75) is 25.8 Å². The number of halogens is 2. The zero-order valence-corrected chi connectivity index (χ0v) is 14.5. The average Bonchev–Trinajstić information content (AvgIpc) is 2.71. The molecule has 1 heterocycles. The van der Waals surface area contributed by atoms with Crippen LogP contribution in [0.25, 0.3) is 0 Å². The number of carbonyl (C=O) groups excluding carboxylic acids is 1. The third-order valence-corrected chi connectivity index (χ3v) is 5.13. The number of rotatable bonds is 1. The maximum absolute atomic E-state index is 14.6. The SMILES string of the molecule is C[C@H]1CC(=O)C2=C(C1)Nc1ccccc1N[C@@H]2c1c(F)cccc1Cl. The normalized spacial score (nSPS) is 22.4. The minimum Gasteiger partial charge on any atom is -0.372 e. The first-order valence-electron chi connectivity index (χ1n) is 8.37. The van der Waals surface area contributed by atoms with E-state index in [1.165, 1.54) is 6.07 Å². The van der Waals surface area contributed by atoms with Crippen molar-refractivity contribution in [2.75, 3.05) is 10.6 Å². The van der Waals surface area contributed by atoms with Gasteiger partial charge in [-0.15, -0.1) is 0 Å². The summed E-state index contributed by atoms with van der Waals surface area (Å²) in [4.78, 5) is 12.8. The molecule has 2 aromatic carbocycles. The highest BCUT2D eigenvalue weighted by molar-refractivity contribution is 6.31. The van der Waals surface area contributed by atoms with E-state index < -0.39 is 11.9 Å². The van der Waals surface area contributed by atoms with Crippen LogP contribution in [0.5, 0.6) is 0 Å². The van der Waals surface area contributed by atoms with E-state index in [1.54, 1.807) is 12.1 Å². The maximum atomic E-state index is 14.6. The molecule has 0 unspecified atom stereocenters. The van der Waals surface area contributed by atoms with E-state index >= 15 is 0 Å². The van der Waals surface area contributed by atoms with Crippen molar-refractivity contribution in [3.63, 3.8) is 0 Å². The van der Waals surface area contributed by atoms with E-state index in [4.69, 9.17) is 11.6 Å². The van der Waals surface area contributed by atoms with Crippen molar-refractivity contribution in [3.05, 3.63) is 70.1 Å². The van der Waals surface area contributed by atoms with Crippen LogP contribution >= 0.6 is 11.6 Å². The number of hydrogen-bond acceptors (Lipinski definition) is 3. The number of carbonyl (C=O) groups is 1. The van der Waals surface area contributed by atoms with E-state index in [0.29, 0.717) is 22.6 Å². The number of Topliss-reactive ketones (excluding diaryl/α,β-unsaturated/α-hetero) is 1. The molecule has 3 nitrogen and oxygen atoms in total. The van der Waals surface area contributed by atoms with E-state index in [-0.39, 0.29) is 11.7 Å². The Hall–Kier alpha value is -2.33. The molecule has 0 amide bonds. The number of allylic oxidation sites excluding steroid dienone is 1. The summed E-state index contributed by atoms with van der Waals surface area (Å²) in [5.74, 6) is -0.130. The third-order valence-electron chi connectivity index (χ3n) is 4.80. The van der Waals surface area contributed by atoms with Crippen molar-refractivity contribution < 1.29 is 9.18 Å². The Labute approximate surface area is 150 Å². The van der Waals surface area contributed by atoms with Gasteiger partial charge in [0.1, 0.15) is 5.82 Å². The highest BCUT2D eigenvalue weighted by Gasteiger charge is 2.36. The average molecular weight is 357 g/mol. The number of ketones is 1. The van der Waals surface area contributed by atoms with Gasteiger partial charge in [0.05, 0.1) is 17.4 Å². The van der Waals surface area contributed by atoms with Crippen LogP contribution in [-0.4, -0.2) is 5.78 Å². The van der Waals surface area contributed by atoms with Crippen LogP contribution in [0.1, 0.15) is 31.4 Å². The van der Waals surface area contributed by atoms with Gasteiger partial charge in [0.25, 0.3) is 0 Å². The lowest BCUT2D eigenvalue weighted by Gasteiger charge is -2.28. The first-order valence-corrected chi connectivity index (χ1v) is 8.75. The molecule has 5 heteroatoms. The van der Waals surface area contributed by atoms with Gasteiger partial charge in [0.2, 0.25) is 0 Å². The lowest BCUT2D eigenvalue weighted by atomic mass is 9.82. The number of anilines is 2. The molecule has 0 spiro atoms. The molecule has 2 atom stereocenters. The fraction of sp³-hybridized carbons (Fsp3) is 0.250. The molecule has 0 bridgehead atoms. The molecule has 2 aliphatic rings. The summed E-state index contributed by atoms with van der Waals surface area (Å²) in [6, 6.07) is 11.7. The summed E-state index contributed by atoms with van der Waals surface area (Å²) >= 11 is 6.32. The Kier molecular flexibility index (Phi) is 4.00. The van der Waals surface area contributed by atoms with Crippen LogP contribution in [0.4, 0.5) is 15.8 Å². The summed E-state index contributed by atoms with van der Waals surface area (Å²) in [7, 11) is 0. The molecule has 0 saturated carbocycles. The number of benzene rings is 2. The molecule has 128 valence electrons. The van der Waals surface area contributed by atoms with E-state index in [2.05, 4.69) is 17.6 Å². The molecular weight excluding hydrogens is 339 g/mol. The van der Waals surface area contributed by atoms with Crippen molar-refractivity contribution in [1.29, 1.82) is 0 Å². The molecule has 1 aliphatic heterocycles. The van der Waals surface area contributed by atoms with Crippen LogP contribution in [0.2, 0.25) is 5.02 Å². The molecule has 4 rings (SSSR count). The number of nitrogens with one attached hydrogen (secondary N) is 2. The van der Waals surface area contributed by atoms with Crippen molar-refractivity contribution >= 4 is 28.8 Å². The number of fused-ring (bicyclic) bond motifs is 1. The van der Waals surface area contributed by atoms with Gasteiger partial charge in [-0.1, -0.05) is 36.7 Å². The highest BCUT2D eigenvalue weighted by Crippen LogP contribution is 2.43. The summed E-state index contributed by atoms with van der Waals surface area (Å²) in [5.41, 5.74) is 3.46. The monoisotopic (exact) mass is 356 g/mol. The Morgan fingerprint density at radius 1 is 1.08 bits per heavy atom. The minimum atomic E-state index is -0.611. The summed E-state index contributed by atoms with van der Waals surface area (Å²) < 4.78 is 14.6. The topological polar surface area (TPSA) is 41.1 Å². The molecule has 25 heavy (non-hydrogen) atoms. The molecule has 1 aliphatic carbocycles. The lowest BCUT2D eigenvalue weighted by molar-refractivity contribution is -0.117. The van der Waals surface area contributed by atoms with Gasteiger partial charge in [-0.3, -0.25) is 4.79 Å². The Bertz CT molecular complexity index is 873. The Morgan fingerprint density at radius 3 is 2.60 bits per heavy atom. The molecule has 0 radical (unpaired) electrons. The quantitative estimate of drug-likeness (QED) is 0.727. The second-order valence-electron chi connectivity index (χ2n) is 6.71. The largest absolute Gasteiger partial charge is 0.372 e. The van der Waals surface area contributed by atoms with Gasteiger partial charge in [0, 0.05) is 28.3 Å². The predicted octanol–water partition coefficient (Wildman–Crippen LogP) is 5.31. The zero-order valence-electron chi connectivity index (χ0n) is 13.8. The fourth-order valence-electron chi connectivity index (χ4n) is 3.69. The van der Waals surface area contributed by atoms with E-state index in [1.807, 2.05) is 24.3 Å². The number of hydrogen-bond donors (Lipinski definition) is 2. The van der Waals surface area contributed by atoms with Gasteiger partial charge >= 0.3 is 0 Å². The summed E-state index contributed by atoms with van der Waals surface area (Å²) in [6.07, 6.45) is 1.21. The molecule has 0 aromatic heterocycles. The lowest BCUT2D eigenvalue weighted by Crippen LogP contribution is -2.27. The molecule has 0 saturated heterocycles. The Morgan fingerprint density at radius 2 is 1.84 bits per heavy atom. The predicted molar refractivity (Wildman–Crippen MR) is 98.3 cm³/mol. The molecule has 0 fully saturated rings. The van der Waals surface area contributed by atoms with Crippen LogP contribution in [0.15, 0.2) is 53.7 Å². The van der Waals surface area contributed by atoms with Crippen LogP contribution in [0, 0.1) is 11.7 Å². The summed E-state index contributed by atoms with van der Waals surface area (Å²) in [5, 5.41) is 7.04. The third kappa shape index (κ3) is 2.81. The highest BCUT2D eigenvalue weighted by atomic mass is 35.5. The van der Waals surface area contributed by atoms with E-state index in [0.717, 1.165) is 23.5 Å².